The Morgan fingerprint density at radius 1 is 1.29 bits per heavy atom. The number of rotatable bonds is 8. The maximum Gasteiger partial charge on any atom is 0.191 e. The molecule has 1 aliphatic rings. The first kappa shape index (κ1) is 23.2. The largest absolute Gasteiger partial charge is 0.465 e. The van der Waals surface area contributed by atoms with Crippen LogP contribution in [-0.4, -0.2) is 48.6 Å². The van der Waals surface area contributed by atoms with E-state index in [1.807, 2.05) is 19.2 Å². The second-order valence-electron chi connectivity index (χ2n) is 6.97. The van der Waals surface area contributed by atoms with Gasteiger partial charge < -0.3 is 15.1 Å². The average molecular weight is 517 g/mol. The van der Waals surface area contributed by atoms with E-state index in [1.54, 1.807) is 11.3 Å². The van der Waals surface area contributed by atoms with Crippen LogP contribution in [0.2, 0.25) is 0 Å². The lowest BCUT2D eigenvalue weighted by Gasteiger charge is -2.24. The zero-order chi connectivity index (χ0) is 19.1. The normalized spacial score (nSPS) is 16.0. The third-order valence-corrected chi connectivity index (χ3v) is 5.71. The van der Waals surface area contributed by atoms with E-state index in [-0.39, 0.29) is 30.0 Å². The number of aliphatic imine (C=N–C) groups is 1. The van der Waals surface area contributed by atoms with E-state index in [0.717, 1.165) is 55.1 Å². The molecule has 1 fully saturated rings. The fraction of sp³-hybridized carbons (Fsp3) is 0.600. The van der Waals surface area contributed by atoms with Crippen molar-refractivity contribution >= 4 is 41.3 Å². The van der Waals surface area contributed by atoms with Crippen molar-refractivity contribution in [2.75, 3.05) is 32.7 Å². The zero-order valence-electron chi connectivity index (χ0n) is 17.0. The number of halogens is 1. The first-order valence-corrected chi connectivity index (χ1v) is 10.7. The number of aromatic nitrogens is 1. The molecule has 0 radical (unpaired) electrons. The van der Waals surface area contributed by atoms with Gasteiger partial charge >= 0.3 is 0 Å². The summed E-state index contributed by atoms with van der Waals surface area (Å²) >= 11 is 1.76. The third kappa shape index (κ3) is 6.73. The SMILES string of the molecule is CCNC(=NCC(c1ccc(C)o1)N1CCCC1)NCCc1ncc(C)s1.I. The second kappa shape index (κ2) is 11.8. The molecule has 1 aliphatic heterocycles. The number of nitrogens with zero attached hydrogens (tertiary/aromatic N) is 3. The van der Waals surface area contributed by atoms with Gasteiger partial charge in [-0.3, -0.25) is 9.89 Å². The van der Waals surface area contributed by atoms with Crippen LogP contribution < -0.4 is 10.6 Å². The molecule has 0 amide bonds. The summed E-state index contributed by atoms with van der Waals surface area (Å²) in [6, 6.07) is 4.35. The summed E-state index contributed by atoms with van der Waals surface area (Å²) < 4.78 is 5.93. The molecule has 1 atom stereocenters. The van der Waals surface area contributed by atoms with Gasteiger partial charge in [0.1, 0.15) is 11.5 Å². The predicted molar refractivity (Wildman–Crippen MR) is 127 cm³/mol. The van der Waals surface area contributed by atoms with Gasteiger partial charge in [-0.15, -0.1) is 35.3 Å². The van der Waals surface area contributed by atoms with Gasteiger partial charge in [0.05, 0.1) is 17.6 Å². The molecular weight excluding hydrogens is 485 g/mol. The molecule has 1 unspecified atom stereocenters. The fourth-order valence-electron chi connectivity index (χ4n) is 3.40. The Balaban J connectivity index is 0.00000280. The molecule has 1 saturated heterocycles. The van der Waals surface area contributed by atoms with Crippen molar-refractivity contribution in [3.8, 4) is 0 Å². The van der Waals surface area contributed by atoms with Crippen molar-refractivity contribution in [3.05, 3.63) is 39.7 Å². The standard InChI is InChI=1S/C20H31N5OS.HI/c1-4-21-20(22-10-9-19-23-13-16(3)27-19)24-14-17(25-11-5-6-12-25)18-8-7-15(2)26-18;/h7-8,13,17H,4-6,9-12,14H2,1-3H3,(H2,21,22,24);1H. The van der Waals surface area contributed by atoms with Crippen LogP contribution in [0.4, 0.5) is 0 Å². The van der Waals surface area contributed by atoms with Crippen molar-refractivity contribution in [3.63, 3.8) is 0 Å². The minimum atomic E-state index is 0. The molecule has 3 rings (SSSR count). The second-order valence-corrected chi connectivity index (χ2v) is 8.29. The Bertz CT molecular complexity index is 739. The Morgan fingerprint density at radius 2 is 2.07 bits per heavy atom. The Labute approximate surface area is 189 Å². The topological polar surface area (TPSA) is 65.7 Å². The Morgan fingerprint density at radius 3 is 2.68 bits per heavy atom. The summed E-state index contributed by atoms with van der Waals surface area (Å²) in [5, 5.41) is 7.95. The smallest absolute Gasteiger partial charge is 0.191 e. The van der Waals surface area contributed by atoms with Gasteiger partial charge in [-0.2, -0.15) is 0 Å². The fourth-order valence-corrected chi connectivity index (χ4v) is 4.18. The van der Waals surface area contributed by atoms with Crippen molar-refractivity contribution in [2.24, 2.45) is 4.99 Å². The molecule has 8 heteroatoms. The van der Waals surface area contributed by atoms with Crippen molar-refractivity contribution in [1.29, 1.82) is 0 Å². The highest BCUT2D eigenvalue weighted by Crippen LogP contribution is 2.26. The highest BCUT2D eigenvalue weighted by atomic mass is 127. The minimum absolute atomic E-state index is 0. The Kier molecular flexibility index (Phi) is 9.73. The number of aryl methyl sites for hydroxylation is 2. The lowest BCUT2D eigenvalue weighted by atomic mass is 10.2. The molecule has 156 valence electrons. The van der Waals surface area contributed by atoms with Crippen molar-refractivity contribution < 1.29 is 4.42 Å². The molecule has 2 N–H and O–H groups in total. The van der Waals surface area contributed by atoms with Crippen LogP contribution in [0.3, 0.4) is 0 Å². The van der Waals surface area contributed by atoms with Crippen LogP contribution in [0.5, 0.6) is 0 Å². The molecule has 2 aromatic rings. The number of furan rings is 1. The van der Waals surface area contributed by atoms with Crippen LogP contribution in [0, 0.1) is 13.8 Å². The first-order valence-electron chi connectivity index (χ1n) is 9.89. The average Bonchev–Trinajstić information content (AvgIpc) is 3.39. The van der Waals surface area contributed by atoms with E-state index < -0.39 is 0 Å². The number of hydrogen-bond acceptors (Lipinski definition) is 5. The van der Waals surface area contributed by atoms with Crippen molar-refractivity contribution in [1.82, 2.24) is 20.5 Å². The van der Waals surface area contributed by atoms with Gasteiger partial charge in [0.25, 0.3) is 0 Å². The quantitative estimate of drug-likeness (QED) is 0.316. The van der Waals surface area contributed by atoms with E-state index in [2.05, 4.69) is 40.4 Å². The molecule has 0 aliphatic carbocycles. The molecular formula is C20H32IN5OS. The summed E-state index contributed by atoms with van der Waals surface area (Å²) in [5.74, 6) is 2.84. The maximum absolute atomic E-state index is 5.93. The van der Waals surface area contributed by atoms with Crippen LogP contribution in [0.15, 0.2) is 27.7 Å². The highest BCUT2D eigenvalue weighted by Gasteiger charge is 2.25. The molecule has 0 saturated carbocycles. The van der Waals surface area contributed by atoms with Gasteiger partial charge in [-0.05, 0) is 58.8 Å². The van der Waals surface area contributed by atoms with Crippen LogP contribution in [-0.2, 0) is 6.42 Å². The summed E-state index contributed by atoms with van der Waals surface area (Å²) in [6.07, 6.45) is 5.36. The highest BCUT2D eigenvalue weighted by molar-refractivity contribution is 14.0. The van der Waals surface area contributed by atoms with Gasteiger partial charge in [-0.25, -0.2) is 4.98 Å². The Hall–Kier alpha value is -1.13. The summed E-state index contributed by atoms with van der Waals surface area (Å²) in [4.78, 5) is 13.0. The van der Waals surface area contributed by atoms with Crippen molar-refractivity contribution in [2.45, 2.75) is 46.1 Å². The summed E-state index contributed by atoms with van der Waals surface area (Å²) in [5.41, 5.74) is 0. The summed E-state index contributed by atoms with van der Waals surface area (Å²) in [7, 11) is 0. The number of nitrogens with one attached hydrogen (secondary N) is 2. The molecule has 0 bridgehead atoms. The van der Waals surface area contributed by atoms with Gasteiger partial charge in [0.15, 0.2) is 5.96 Å². The molecule has 0 spiro atoms. The van der Waals surface area contributed by atoms with E-state index in [4.69, 9.17) is 9.41 Å². The number of guanidine groups is 1. The third-order valence-electron chi connectivity index (χ3n) is 4.74. The number of hydrogen-bond donors (Lipinski definition) is 2. The number of likely N-dealkylation sites (tertiary alicyclic amines) is 1. The summed E-state index contributed by atoms with van der Waals surface area (Å²) in [6.45, 7) is 10.8. The lowest BCUT2D eigenvalue weighted by Crippen LogP contribution is -2.39. The maximum atomic E-state index is 5.93. The number of thiazole rings is 1. The molecule has 2 aromatic heterocycles. The van der Waals surface area contributed by atoms with Crippen LogP contribution in [0.1, 0.15) is 47.2 Å². The first-order chi connectivity index (χ1) is 13.2. The van der Waals surface area contributed by atoms with Crippen LogP contribution in [0.25, 0.3) is 0 Å². The molecule has 3 heterocycles. The monoisotopic (exact) mass is 517 g/mol. The predicted octanol–water partition coefficient (Wildman–Crippen LogP) is 3.91. The van der Waals surface area contributed by atoms with E-state index >= 15 is 0 Å². The van der Waals surface area contributed by atoms with Gasteiger partial charge in [0.2, 0.25) is 0 Å². The zero-order valence-corrected chi connectivity index (χ0v) is 20.2. The molecule has 6 nitrogen and oxygen atoms in total. The van der Waals surface area contributed by atoms with Gasteiger partial charge in [-0.1, -0.05) is 0 Å². The minimum Gasteiger partial charge on any atom is -0.465 e. The van der Waals surface area contributed by atoms with E-state index in [9.17, 15) is 0 Å². The van der Waals surface area contributed by atoms with Gasteiger partial charge in [0, 0.05) is 30.6 Å². The van der Waals surface area contributed by atoms with E-state index in [1.165, 1.54) is 17.7 Å². The van der Waals surface area contributed by atoms with Crippen LogP contribution >= 0.6 is 35.3 Å². The van der Waals surface area contributed by atoms with E-state index in [0.29, 0.717) is 6.54 Å². The molecule has 0 aromatic carbocycles. The molecule has 28 heavy (non-hydrogen) atoms. The lowest BCUT2D eigenvalue weighted by molar-refractivity contribution is 0.219.